The second kappa shape index (κ2) is 14.6. The zero-order valence-corrected chi connectivity index (χ0v) is 27.2. The third-order valence-electron chi connectivity index (χ3n) is 7.95. The number of rotatable bonds is 12. The van der Waals surface area contributed by atoms with Gasteiger partial charge in [-0.25, -0.2) is 8.42 Å². The molecule has 0 heterocycles. The van der Waals surface area contributed by atoms with Crippen LogP contribution in [0.1, 0.15) is 62.6 Å². The molecule has 0 aromatic heterocycles. The van der Waals surface area contributed by atoms with Crippen LogP contribution in [0.2, 0.25) is 10.0 Å². The standard InChI is InChI=1S/C33H39Cl2N3O4S/c1-4-25-10-6-9-13-31(25)38(43(41,42)27-17-14-23(3)15-18-27)22-32(39)37(21-24-16-19-28(34)29(35)20-24)30(5-2)33(40)36-26-11-7-8-12-26/h6,9-10,13-20,26,30H,4-5,7-8,11-12,21-22H2,1-3H3,(H,36,40). The van der Waals surface area contributed by atoms with E-state index in [-0.39, 0.29) is 23.4 Å². The van der Waals surface area contributed by atoms with Crippen LogP contribution in [0.3, 0.4) is 0 Å². The topological polar surface area (TPSA) is 86.8 Å². The Morgan fingerprint density at radius 2 is 1.63 bits per heavy atom. The second-order valence-corrected chi connectivity index (χ2v) is 13.7. The van der Waals surface area contributed by atoms with E-state index in [0.717, 1.165) is 36.8 Å². The van der Waals surface area contributed by atoms with Crippen LogP contribution in [0.5, 0.6) is 0 Å². The van der Waals surface area contributed by atoms with Gasteiger partial charge in [0, 0.05) is 12.6 Å². The van der Waals surface area contributed by atoms with Crippen molar-refractivity contribution in [2.75, 3.05) is 10.8 Å². The van der Waals surface area contributed by atoms with Gasteiger partial charge in [0.2, 0.25) is 11.8 Å². The van der Waals surface area contributed by atoms with E-state index in [9.17, 15) is 18.0 Å². The van der Waals surface area contributed by atoms with Crippen molar-refractivity contribution >= 4 is 50.7 Å². The van der Waals surface area contributed by atoms with E-state index in [4.69, 9.17) is 23.2 Å². The molecular weight excluding hydrogens is 605 g/mol. The molecule has 2 amide bonds. The summed E-state index contributed by atoms with van der Waals surface area (Å²) in [5.41, 5.74) is 2.81. The molecule has 4 rings (SSSR count). The molecule has 0 bridgehead atoms. The van der Waals surface area contributed by atoms with Crippen molar-refractivity contribution in [2.24, 2.45) is 0 Å². The van der Waals surface area contributed by atoms with Gasteiger partial charge in [-0.1, -0.05) is 91.9 Å². The number of amides is 2. The molecule has 1 atom stereocenters. The fourth-order valence-electron chi connectivity index (χ4n) is 5.53. The Kier molecular flexibility index (Phi) is 11.2. The highest BCUT2D eigenvalue weighted by molar-refractivity contribution is 7.92. The van der Waals surface area contributed by atoms with Crippen molar-refractivity contribution in [1.29, 1.82) is 0 Å². The minimum Gasteiger partial charge on any atom is -0.352 e. The predicted octanol–water partition coefficient (Wildman–Crippen LogP) is 6.93. The molecule has 3 aromatic rings. The number of hydrogen-bond donors (Lipinski definition) is 1. The fourth-order valence-corrected chi connectivity index (χ4v) is 7.30. The quantitative estimate of drug-likeness (QED) is 0.232. The lowest BCUT2D eigenvalue weighted by Gasteiger charge is -2.34. The van der Waals surface area contributed by atoms with Gasteiger partial charge in [-0.2, -0.15) is 0 Å². The summed E-state index contributed by atoms with van der Waals surface area (Å²) in [6.45, 7) is 5.24. The maximum absolute atomic E-state index is 14.3. The lowest BCUT2D eigenvalue weighted by atomic mass is 10.1. The first kappa shape index (κ1) is 32.8. The van der Waals surface area contributed by atoms with Gasteiger partial charge in [0.05, 0.1) is 20.6 Å². The van der Waals surface area contributed by atoms with Gasteiger partial charge in [-0.15, -0.1) is 0 Å². The third kappa shape index (κ3) is 7.91. The number of nitrogens with one attached hydrogen (secondary N) is 1. The van der Waals surface area contributed by atoms with Crippen LogP contribution in [0.4, 0.5) is 5.69 Å². The number of nitrogens with zero attached hydrogens (tertiary/aromatic N) is 2. The smallest absolute Gasteiger partial charge is 0.264 e. The van der Waals surface area contributed by atoms with Gasteiger partial charge >= 0.3 is 0 Å². The van der Waals surface area contributed by atoms with E-state index < -0.39 is 28.5 Å². The van der Waals surface area contributed by atoms with Crippen LogP contribution in [-0.2, 0) is 32.6 Å². The van der Waals surface area contributed by atoms with Crippen LogP contribution >= 0.6 is 23.2 Å². The molecule has 7 nitrogen and oxygen atoms in total. The molecule has 0 saturated heterocycles. The van der Waals surface area contributed by atoms with Crippen LogP contribution in [0, 0.1) is 6.92 Å². The largest absolute Gasteiger partial charge is 0.352 e. The van der Waals surface area contributed by atoms with Crippen molar-refractivity contribution in [3.63, 3.8) is 0 Å². The number of aryl methyl sites for hydroxylation is 2. The normalized spacial score (nSPS) is 14.3. The maximum atomic E-state index is 14.3. The number of hydrogen-bond acceptors (Lipinski definition) is 4. The Morgan fingerprint density at radius 3 is 2.26 bits per heavy atom. The Balaban J connectivity index is 1.75. The third-order valence-corrected chi connectivity index (χ3v) is 10.5. The van der Waals surface area contributed by atoms with Crippen LogP contribution < -0.4 is 9.62 Å². The zero-order valence-electron chi connectivity index (χ0n) is 24.9. The monoisotopic (exact) mass is 643 g/mol. The molecule has 10 heteroatoms. The van der Waals surface area contributed by atoms with E-state index in [1.165, 1.54) is 9.21 Å². The molecule has 43 heavy (non-hydrogen) atoms. The van der Waals surface area contributed by atoms with E-state index in [0.29, 0.717) is 34.1 Å². The molecule has 1 N–H and O–H groups in total. The first-order valence-electron chi connectivity index (χ1n) is 14.8. The molecular formula is C33H39Cl2N3O4S. The van der Waals surface area contributed by atoms with Crippen LogP contribution in [0.25, 0.3) is 0 Å². The summed E-state index contributed by atoms with van der Waals surface area (Å²) in [7, 11) is -4.14. The number of sulfonamides is 1. The maximum Gasteiger partial charge on any atom is 0.264 e. The molecule has 1 saturated carbocycles. The van der Waals surface area contributed by atoms with Gasteiger partial charge in [0.1, 0.15) is 12.6 Å². The van der Waals surface area contributed by atoms with Crippen LogP contribution in [-0.4, -0.2) is 43.8 Å². The molecule has 1 fully saturated rings. The average molecular weight is 645 g/mol. The highest BCUT2D eigenvalue weighted by atomic mass is 35.5. The highest BCUT2D eigenvalue weighted by Gasteiger charge is 2.35. The minimum absolute atomic E-state index is 0.0557. The number of benzene rings is 3. The molecule has 0 spiro atoms. The average Bonchev–Trinajstić information content (AvgIpc) is 3.50. The van der Waals surface area contributed by atoms with Gasteiger partial charge in [-0.05, 0) is 74.1 Å². The van der Waals surface area contributed by atoms with E-state index in [1.807, 2.05) is 32.9 Å². The zero-order chi connectivity index (χ0) is 31.1. The van der Waals surface area contributed by atoms with Gasteiger partial charge in [0.15, 0.2) is 0 Å². The summed E-state index contributed by atoms with van der Waals surface area (Å²) in [6, 6.07) is 18.1. The molecule has 1 unspecified atom stereocenters. The summed E-state index contributed by atoms with van der Waals surface area (Å²) in [5, 5.41) is 3.83. The lowest BCUT2D eigenvalue weighted by molar-refractivity contribution is -0.140. The number of para-hydroxylation sites is 1. The molecule has 0 radical (unpaired) electrons. The first-order valence-corrected chi connectivity index (χ1v) is 17.0. The SMILES string of the molecule is CCc1ccccc1N(CC(=O)N(Cc1ccc(Cl)c(Cl)c1)C(CC)C(=O)NC1CCCC1)S(=O)(=O)c1ccc(C)cc1. The fraction of sp³-hybridized carbons (Fsp3) is 0.394. The number of carbonyl (C=O) groups excluding carboxylic acids is 2. The van der Waals surface area contributed by atoms with Crippen molar-refractivity contribution in [3.05, 3.63) is 93.5 Å². The summed E-state index contributed by atoms with van der Waals surface area (Å²) in [5.74, 6) is -0.745. The van der Waals surface area contributed by atoms with Crippen molar-refractivity contribution in [1.82, 2.24) is 10.2 Å². The van der Waals surface area contributed by atoms with Crippen molar-refractivity contribution in [3.8, 4) is 0 Å². The molecule has 1 aliphatic carbocycles. The minimum atomic E-state index is -4.14. The molecule has 1 aliphatic rings. The van der Waals surface area contributed by atoms with Gasteiger partial charge < -0.3 is 10.2 Å². The summed E-state index contributed by atoms with van der Waals surface area (Å²) < 4.78 is 29.5. The summed E-state index contributed by atoms with van der Waals surface area (Å²) in [4.78, 5) is 29.5. The summed E-state index contributed by atoms with van der Waals surface area (Å²) >= 11 is 12.4. The molecule has 230 valence electrons. The highest BCUT2D eigenvalue weighted by Crippen LogP contribution is 2.29. The van der Waals surface area contributed by atoms with Gasteiger partial charge in [0.25, 0.3) is 10.0 Å². The lowest BCUT2D eigenvalue weighted by Crippen LogP contribution is -2.53. The Hall–Kier alpha value is -3.07. The van der Waals surface area contributed by atoms with Gasteiger partial charge in [-0.3, -0.25) is 13.9 Å². The molecule has 3 aromatic carbocycles. The first-order chi connectivity index (χ1) is 20.5. The number of carbonyl (C=O) groups is 2. The summed E-state index contributed by atoms with van der Waals surface area (Å²) in [6.07, 6.45) is 4.83. The second-order valence-electron chi connectivity index (χ2n) is 11.0. The Morgan fingerprint density at radius 1 is 0.953 bits per heavy atom. The van der Waals surface area contributed by atoms with E-state index in [2.05, 4.69) is 5.32 Å². The predicted molar refractivity (Wildman–Crippen MR) is 173 cm³/mol. The Labute approximate surface area is 265 Å². The molecule has 0 aliphatic heterocycles. The van der Waals surface area contributed by atoms with Crippen molar-refractivity contribution < 1.29 is 18.0 Å². The number of anilines is 1. The number of halogens is 2. The van der Waals surface area contributed by atoms with Crippen molar-refractivity contribution in [2.45, 2.75) is 82.8 Å². The van der Waals surface area contributed by atoms with E-state index in [1.54, 1.807) is 54.6 Å². The van der Waals surface area contributed by atoms with E-state index >= 15 is 0 Å². The Bertz CT molecular complexity index is 1540. The van der Waals surface area contributed by atoms with Crippen LogP contribution in [0.15, 0.2) is 71.6 Å².